The SMILES string of the molecule is Cc1ccc2c(c1)N(Cc1ccc(N)cc1)C(=O)C(C)O2. The molecule has 1 unspecified atom stereocenters. The summed E-state index contributed by atoms with van der Waals surface area (Å²) in [6.07, 6.45) is -0.464. The van der Waals surface area contributed by atoms with E-state index in [1.165, 1.54) is 0 Å². The average Bonchev–Trinajstić information content (AvgIpc) is 2.47. The molecule has 3 rings (SSSR count). The van der Waals surface area contributed by atoms with Gasteiger partial charge in [-0.25, -0.2) is 0 Å². The molecular weight excluding hydrogens is 264 g/mol. The standard InChI is InChI=1S/C17H18N2O2/c1-11-3-8-16-15(9-11)19(17(20)12(2)21-16)10-13-4-6-14(18)7-5-13/h3-9,12H,10,18H2,1-2H3. The summed E-state index contributed by atoms with van der Waals surface area (Å²) in [6.45, 7) is 4.30. The first-order valence-corrected chi connectivity index (χ1v) is 6.98. The Labute approximate surface area is 124 Å². The number of fused-ring (bicyclic) bond motifs is 1. The van der Waals surface area contributed by atoms with Crippen molar-refractivity contribution in [2.24, 2.45) is 0 Å². The second-order valence-corrected chi connectivity index (χ2v) is 5.40. The van der Waals surface area contributed by atoms with Crippen LogP contribution in [0.4, 0.5) is 11.4 Å². The number of benzene rings is 2. The Bertz CT molecular complexity index is 680. The molecule has 2 aromatic rings. The molecule has 4 nitrogen and oxygen atoms in total. The van der Waals surface area contributed by atoms with E-state index in [0.717, 1.165) is 28.3 Å². The van der Waals surface area contributed by atoms with Crippen LogP contribution >= 0.6 is 0 Å². The Hall–Kier alpha value is -2.49. The Morgan fingerprint density at radius 1 is 1.19 bits per heavy atom. The maximum absolute atomic E-state index is 12.4. The fourth-order valence-electron chi connectivity index (χ4n) is 2.49. The summed E-state index contributed by atoms with van der Waals surface area (Å²) in [5, 5.41) is 0. The van der Waals surface area contributed by atoms with E-state index >= 15 is 0 Å². The van der Waals surface area contributed by atoms with Crippen LogP contribution in [0.2, 0.25) is 0 Å². The van der Waals surface area contributed by atoms with Gasteiger partial charge in [-0.1, -0.05) is 18.2 Å². The highest BCUT2D eigenvalue weighted by molar-refractivity contribution is 5.99. The molecule has 0 fully saturated rings. The number of rotatable bonds is 2. The van der Waals surface area contributed by atoms with Crippen molar-refractivity contribution < 1.29 is 9.53 Å². The molecule has 1 atom stereocenters. The summed E-state index contributed by atoms with van der Waals surface area (Å²) in [5.74, 6) is 0.730. The van der Waals surface area contributed by atoms with E-state index in [1.807, 2.05) is 49.4 Å². The Kier molecular flexibility index (Phi) is 3.29. The lowest BCUT2D eigenvalue weighted by Gasteiger charge is -2.33. The number of nitrogens with two attached hydrogens (primary N) is 1. The normalized spacial score (nSPS) is 17.3. The Morgan fingerprint density at radius 2 is 1.90 bits per heavy atom. The molecule has 2 aromatic carbocycles. The molecule has 0 saturated heterocycles. The van der Waals surface area contributed by atoms with E-state index in [2.05, 4.69) is 0 Å². The fourth-order valence-corrected chi connectivity index (χ4v) is 2.49. The molecule has 108 valence electrons. The van der Waals surface area contributed by atoms with Gasteiger partial charge in [-0.3, -0.25) is 4.79 Å². The lowest BCUT2D eigenvalue weighted by atomic mass is 10.1. The lowest BCUT2D eigenvalue weighted by molar-refractivity contribution is -0.125. The molecule has 0 bridgehead atoms. The molecule has 0 aliphatic carbocycles. The number of carbonyl (C=O) groups excluding carboxylic acids is 1. The van der Waals surface area contributed by atoms with Gasteiger partial charge in [-0.2, -0.15) is 0 Å². The minimum atomic E-state index is -0.464. The maximum atomic E-state index is 12.4. The molecule has 1 aliphatic rings. The Morgan fingerprint density at radius 3 is 2.62 bits per heavy atom. The van der Waals surface area contributed by atoms with E-state index in [9.17, 15) is 4.79 Å². The fraction of sp³-hybridized carbons (Fsp3) is 0.235. The van der Waals surface area contributed by atoms with E-state index in [4.69, 9.17) is 10.5 Å². The summed E-state index contributed by atoms with van der Waals surface area (Å²) in [4.78, 5) is 14.2. The number of aryl methyl sites for hydroxylation is 1. The van der Waals surface area contributed by atoms with Crippen molar-refractivity contribution in [1.29, 1.82) is 0 Å². The summed E-state index contributed by atoms with van der Waals surface area (Å²) in [5.41, 5.74) is 9.39. The second kappa shape index (κ2) is 5.13. The van der Waals surface area contributed by atoms with Crippen molar-refractivity contribution in [3.63, 3.8) is 0 Å². The van der Waals surface area contributed by atoms with Gasteiger partial charge in [-0.05, 0) is 49.2 Å². The summed E-state index contributed by atoms with van der Waals surface area (Å²) in [7, 11) is 0. The van der Waals surface area contributed by atoms with Gasteiger partial charge in [0.15, 0.2) is 6.10 Å². The van der Waals surface area contributed by atoms with E-state index in [0.29, 0.717) is 6.54 Å². The number of hydrogen-bond acceptors (Lipinski definition) is 3. The monoisotopic (exact) mass is 282 g/mol. The van der Waals surface area contributed by atoms with Crippen LogP contribution in [0.15, 0.2) is 42.5 Å². The third-order valence-electron chi connectivity index (χ3n) is 3.64. The van der Waals surface area contributed by atoms with Crippen LogP contribution in [0, 0.1) is 6.92 Å². The van der Waals surface area contributed by atoms with Gasteiger partial charge in [0.1, 0.15) is 5.75 Å². The molecule has 0 aromatic heterocycles. The first-order valence-electron chi connectivity index (χ1n) is 6.98. The van der Waals surface area contributed by atoms with Gasteiger partial charge in [0.2, 0.25) is 0 Å². The zero-order valence-electron chi connectivity index (χ0n) is 12.2. The molecule has 1 aliphatic heterocycles. The van der Waals surface area contributed by atoms with Gasteiger partial charge in [0.25, 0.3) is 5.91 Å². The number of anilines is 2. The van der Waals surface area contributed by atoms with Crippen LogP contribution < -0.4 is 15.4 Å². The highest BCUT2D eigenvalue weighted by atomic mass is 16.5. The number of nitrogens with zero attached hydrogens (tertiary/aromatic N) is 1. The van der Waals surface area contributed by atoms with Gasteiger partial charge in [0.05, 0.1) is 12.2 Å². The van der Waals surface area contributed by atoms with Crippen LogP contribution in [-0.4, -0.2) is 12.0 Å². The molecule has 21 heavy (non-hydrogen) atoms. The third-order valence-corrected chi connectivity index (χ3v) is 3.64. The van der Waals surface area contributed by atoms with Gasteiger partial charge in [-0.15, -0.1) is 0 Å². The predicted octanol–water partition coefficient (Wildman–Crippen LogP) is 2.89. The summed E-state index contributed by atoms with van der Waals surface area (Å²) >= 11 is 0. The predicted molar refractivity (Wildman–Crippen MR) is 83.3 cm³/mol. The largest absolute Gasteiger partial charge is 0.479 e. The van der Waals surface area contributed by atoms with Gasteiger partial charge < -0.3 is 15.4 Å². The number of carbonyl (C=O) groups is 1. The number of ether oxygens (including phenoxy) is 1. The van der Waals surface area contributed by atoms with E-state index in [-0.39, 0.29) is 5.91 Å². The molecule has 1 heterocycles. The van der Waals surface area contributed by atoms with Crippen molar-refractivity contribution in [1.82, 2.24) is 0 Å². The van der Waals surface area contributed by atoms with E-state index < -0.39 is 6.10 Å². The number of amides is 1. The lowest BCUT2D eigenvalue weighted by Crippen LogP contribution is -2.44. The van der Waals surface area contributed by atoms with Crippen molar-refractivity contribution >= 4 is 17.3 Å². The van der Waals surface area contributed by atoms with Crippen molar-refractivity contribution in [3.05, 3.63) is 53.6 Å². The highest BCUT2D eigenvalue weighted by Gasteiger charge is 2.31. The molecule has 0 spiro atoms. The van der Waals surface area contributed by atoms with Crippen LogP contribution in [-0.2, 0) is 11.3 Å². The minimum Gasteiger partial charge on any atom is -0.479 e. The second-order valence-electron chi connectivity index (χ2n) is 5.40. The smallest absolute Gasteiger partial charge is 0.268 e. The molecule has 4 heteroatoms. The van der Waals surface area contributed by atoms with Crippen LogP contribution in [0.5, 0.6) is 5.75 Å². The Balaban J connectivity index is 1.98. The van der Waals surface area contributed by atoms with Gasteiger partial charge in [0, 0.05) is 5.69 Å². The summed E-state index contributed by atoms with van der Waals surface area (Å²) < 4.78 is 5.67. The van der Waals surface area contributed by atoms with E-state index in [1.54, 1.807) is 11.8 Å². The molecular formula is C17H18N2O2. The minimum absolute atomic E-state index is 0.0232. The zero-order chi connectivity index (χ0) is 15.0. The molecule has 2 N–H and O–H groups in total. The van der Waals surface area contributed by atoms with Crippen molar-refractivity contribution in [3.8, 4) is 5.75 Å². The van der Waals surface area contributed by atoms with Crippen molar-refractivity contribution in [2.75, 3.05) is 10.6 Å². The molecule has 0 saturated carbocycles. The van der Waals surface area contributed by atoms with Crippen molar-refractivity contribution in [2.45, 2.75) is 26.5 Å². The van der Waals surface area contributed by atoms with Crippen LogP contribution in [0.3, 0.4) is 0 Å². The third kappa shape index (κ3) is 2.57. The maximum Gasteiger partial charge on any atom is 0.268 e. The van der Waals surface area contributed by atoms with Gasteiger partial charge >= 0.3 is 0 Å². The average molecular weight is 282 g/mol. The number of hydrogen-bond donors (Lipinski definition) is 1. The molecule has 0 radical (unpaired) electrons. The van der Waals surface area contributed by atoms with Crippen LogP contribution in [0.1, 0.15) is 18.1 Å². The highest BCUT2D eigenvalue weighted by Crippen LogP contribution is 2.35. The first kappa shape index (κ1) is 13.5. The quantitative estimate of drug-likeness (QED) is 0.862. The summed E-state index contributed by atoms with van der Waals surface area (Å²) in [6, 6.07) is 13.5. The molecule has 1 amide bonds. The zero-order valence-corrected chi connectivity index (χ0v) is 12.2. The number of nitrogen functional groups attached to an aromatic ring is 1. The van der Waals surface area contributed by atoms with Crippen LogP contribution in [0.25, 0.3) is 0 Å². The topological polar surface area (TPSA) is 55.6 Å². The first-order chi connectivity index (χ1) is 10.0.